The zero-order valence-corrected chi connectivity index (χ0v) is 39.1. The van der Waals surface area contributed by atoms with Gasteiger partial charge in [-0.25, -0.2) is 19.9 Å². The third kappa shape index (κ3) is 7.66. The van der Waals surface area contributed by atoms with Gasteiger partial charge in [0.1, 0.15) is 23.3 Å². The van der Waals surface area contributed by atoms with Crippen molar-refractivity contribution in [1.29, 1.82) is 0 Å². The number of pyridine rings is 4. The van der Waals surface area contributed by atoms with Gasteiger partial charge in [0.15, 0.2) is 11.6 Å². The predicted octanol–water partition coefficient (Wildman–Crippen LogP) is 15.5. The SMILES string of the molecule is CC(C)c1cccc(N2/C(=C3/N(c4cccc(C(C)C)n4)c4ccc(-c5ccccc5)cc4N3c3cccc(C(C)C)n3)N(c3cccc(C(C)C)n3)c3cc(-c4ccccc4)ccc32)n1. The maximum Gasteiger partial charge on any atom is 0.168 e. The molecule has 0 N–H and O–H groups in total. The highest BCUT2D eigenvalue weighted by Crippen LogP contribution is 2.57. The molecule has 0 saturated heterocycles. The highest BCUT2D eigenvalue weighted by atomic mass is 15.5. The lowest BCUT2D eigenvalue weighted by atomic mass is 10.0. The number of aromatic nitrogens is 4. The molecule has 0 amide bonds. The van der Waals surface area contributed by atoms with Crippen LogP contribution < -0.4 is 19.6 Å². The summed E-state index contributed by atoms with van der Waals surface area (Å²) >= 11 is 0. The van der Waals surface area contributed by atoms with Crippen LogP contribution in [0, 0.1) is 0 Å². The van der Waals surface area contributed by atoms with E-state index in [9.17, 15) is 0 Å². The van der Waals surface area contributed by atoms with Gasteiger partial charge in [-0.1, -0.05) is 152 Å². The summed E-state index contributed by atoms with van der Waals surface area (Å²) in [6, 6.07) is 60.3. The van der Waals surface area contributed by atoms with Crippen LogP contribution in [-0.2, 0) is 0 Å². The topological polar surface area (TPSA) is 64.5 Å². The van der Waals surface area contributed by atoms with Crippen molar-refractivity contribution < 1.29 is 0 Å². The zero-order valence-electron chi connectivity index (χ0n) is 39.1. The molecule has 0 radical (unpaired) electrons. The fourth-order valence-electron chi connectivity index (χ4n) is 8.93. The standard InChI is InChI=1S/C58H56N8/c1-37(2)45-23-15-27-53(59-45)63-49-33-31-43(41-19-11-9-12-20-41)35-51(49)65(55-29-17-25-47(61-55)39(5)6)57(63)58-64(54-28-16-24-46(60-54)38(3)4)50-34-32-44(42-21-13-10-14-22-42)36-52(50)66(58)56-30-18-26-48(62-56)40(7)8/h9-40H,1-8H3/b58-57+. The Hall–Kier alpha value is -7.58. The van der Waals surface area contributed by atoms with E-state index in [1.807, 2.05) is 0 Å². The van der Waals surface area contributed by atoms with E-state index in [1.165, 1.54) is 0 Å². The first-order valence-corrected chi connectivity index (χ1v) is 23.3. The van der Waals surface area contributed by atoms with Crippen LogP contribution in [0.3, 0.4) is 0 Å². The lowest BCUT2D eigenvalue weighted by Crippen LogP contribution is -2.34. The Labute approximate surface area is 389 Å². The highest BCUT2D eigenvalue weighted by molar-refractivity contribution is 6.00. The van der Waals surface area contributed by atoms with Crippen molar-refractivity contribution in [1.82, 2.24) is 19.9 Å². The summed E-state index contributed by atoms with van der Waals surface area (Å²) in [4.78, 5) is 31.3. The van der Waals surface area contributed by atoms with E-state index in [0.29, 0.717) is 0 Å². The summed E-state index contributed by atoms with van der Waals surface area (Å²) in [5, 5.41) is 0. The second-order valence-electron chi connectivity index (χ2n) is 18.4. The molecule has 0 spiro atoms. The van der Waals surface area contributed by atoms with Crippen molar-refractivity contribution in [3.05, 3.63) is 204 Å². The van der Waals surface area contributed by atoms with Gasteiger partial charge < -0.3 is 0 Å². The second kappa shape index (κ2) is 17.4. The van der Waals surface area contributed by atoms with Gasteiger partial charge in [-0.2, -0.15) is 0 Å². The molecule has 10 rings (SSSR count). The summed E-state index contributed by atoms with van der Waals surface area (Å²) in [6.45, 7) is 17.6. The highest BCUT2D eigenvalue weighted by Gasteiger charge is 2.46. The number of fused-ring (bicyclic) bond motifs is 2. The van der Waals surface area contributed by atoms with Crippen LogP contribution in [0.25, 0.3) is 22.3 Å². The summed E-state index contributed by atoms with van der Waals surface area (Å²) in [6.07, 6.45) is 0. The van der Waals surface area contributed by atoms with Gasteiger partial charge in [0.2, 0.25) is 0 Å². The van der Waals surface area contributed by atoms with Crippen LogP contribution in [0.2, 0.25) is 0 Å². The molecule has 0 bridgehead atoms. The number of rotatable bonds is 10. The molecule has 0 fully saturated rings. The van der Waals surface area contributed by atoms with Crippen LogP contribution in [0.4, 0.5) is 46.0 Å². The minimum atomic E-state index is 0.199. The molecule has 8 aromatic rings. The number of hydrogen-bond acceptors (Lipinski definition) is 8. The van der Waals surface area contributed by atoms with Crippen molar-refractivity contribution in [2.45, 2.75) is 79.1 Å². The Morgan fingerprint density at radius 3 is 0.848 bits per heavy atom. The van der Waals surface area contributed by atoms with Crippen LogP contribution >= 0.6 is 0 Å². The maximum absolute atomic E-state index is 5.50. The van der Waals surface area contributed by atoms with Crippen LogP contribution in [0.1, 0.15) is 102 Å². The summed E-state index contributed by atoms with van der Waals surface area (Å²) in [5.74, 6) is 5.70. The smallest absolute Gasteiger partial charge is 0.168 e. The first kappa shape index (κ1) is 42.4. The molecule has 4 aromatic heterocycles. The Balaban J connectivity index is 1.38. The lowest BCUT2D eigenvalue weighted by molar-refractivity contribution is 0.811. The molecule has 2 aliphatic rings. The summed E-state index contributed by atoms with van der Waals surface area (Å²) < 4.78 is 0. The maximum atomic E-state index is 5.50. The number of benzene rings is 4. The van der Waals surface area contributed by atoms with Crippen molar-refractivity contribution in [3.63, 3.8) is 0 Å². The zero-order chi connectivity index (χ0) is 45.6. The molecule has 0 unspecified atom stereocenters. The minimum Gasteiger partial charge on any atom is -0.275 e. The fraction of sp³-hybridized carbons (Fsp3) is 0.207. The summed E-state index contributed by atoms with van der Waals surface area (Å²) in [7, 11) is 0. The van der Waals surface area contributed by atoms with Gasteiger partial charge in [-0.15, -0.1) is 0 Å². The average molecular weight is 865 g/mol. The molecule has 2 aliphatic heterocycles. The number of nitrogens with zero attached hydrogens (tertiary/aromatic N) is 8. The minimum absolute atomic E-state index is 0.199. The van der Waals surface area contributed by atoms with Gasteiger partial charge >= 0.3 is 0 Å². The molecule has 4 aromatic carbocycles. The van der Waals surface area contributed by atoms with E-state index in [-0.39, 0.29) is 23.7 Å². The van der Waals surface area contributed by atoms with Gasteiger partial charge in [0.05, 0.1) is 22.7 Å². The van der Waals surface area contributed by atoms with Crippen molar-refractivity contribution >= 4 is 46.0 Å². The van der Waals surface area contributed by atoms with E-state index < -0.39 is 0 Å². The fourth-order valence-corrected chi connectivity index (χ4v) is 8.93. The van der Waals surface area contributed by atoms with Crippen LogP contribution in [0.5, 0.6) is 0 Å². The quantitative estimate of drug-likeness (QED) is 0.135. The Morgan fingerprint density at radius 1 is 0.273 bits per heavy atom. The largest absolute Gasteiger partial charge is 0.275 e. The Bertz CT molecular complexity index is 2880. The normalized spacial score (nSPS) is 14.6. The third-order valence-corrected chi connectivity index (χ3v) is 12.5. The molecule has 0 saturated carbocycles. The van der Waals surface area contributed by atoms with Gasteiger partial charge in [0, 0.05) is 22.8 Å². The third-order valence-electron chi connectivity index (χ3n) is 12.5. The number of hydrogen-bond donors (Lipinski definition) is 0. The van der Waals surface area contributed by atoms with Crippen molar-refractivity contribution in [2.24, 2.45) is 0 Å². The molecule has 328 valence electrons. The van der Waals surface area contributed by atoms with Crippen LogP contribution in [-0.4, -0.2) is 19.9 Å². The molecule has 66 heavy (non-hydrogen) atoms. The molecule has 6 heterocycles. The van der Waals surface area contributed by atoms with Gasteiger partial charge in [0.25, 0.3) is 0 Å². The van der Waals surface area contributed by atoms with Crippen molar-refractivity contribution in [2.75, 3.05) is 19.6 Å². The second-order valence-corrected chi connectivity index (χ2v) is 18.4. The van der Waals surface area contributed by atoms with E-state index in [4.69, 9.17) is 19.9 Å². The van der Waals surface area contributed by atoms with Crippen LogP contribution in [0.15, 0.2) is 182 Å². The van der Waals surface area contributed by atoms with E-state index >= 15 is 0 Å². The number of anilines is 8. The van der Waals surface area contributed by atoms with E-state index in [0.717, 1.165) is 103 Å². The average Bonchev–Trinajstić information content (AvgIpc) is 3.87. The first-order valence-electron chi connectivity index (χ1n) is 23.3. The first-order chi connectivity index (χ1) is 32.0. The Kier molecular flexibility index (Phi) is 11.2. The monoisotopic (exact) mass is 864 g/mol. The van der Waals surface area contributed by atoms with E-state index in [1.54, 1.807) is 0 Å². The van der Waals surface area contributed by atoms with Gasteiger partial charge in [-0.3, -0.25) is 19.6 Å². The Morgan fingerprint density at radius 2 is 0.561 bits per heavy atom. The lowest BCUT2D eigenvalue weighted by Gasteiger charge is -2.33. The molecular weight excluding hydrogens is 809 g/mol. The molecule has 0 atom stereocenters. The predicted molar refractivity (Wildman–Crippen MR) is 273 cm³/mol. The van der Waals surface area contributed by atoms with Gasteiger partial charge in [-0.05, 0) is 119 Å². The summed E-state index contributed by atoms with van der Waals surface area (Å²) in [5.41, 5.74) is 12.4. The van der Waals surface area contributed by atoms with E-state index in [2.05, 4.69) is 245 Å². The molecule has 8 nitrogen and oxygen atoms in total. The molecule has 8 heteroatoms. The molecule has 0 aliphatic carbocycles. The van der Waals surface area contributed by atoms with Crippen molar-refractivity contribution in [3.8, 4) is 22.3 Å². The molecular formula is C58H56N8.